The minimum atomic E-state index is -0.188. The van der Waals surface area contributed by atoms with Crippen LogP contribution in [0.15, 0.2) is 72.8 Å². The van der Waals surface area contributed by atoms with E-state index in [1.165, 1.54) is 0 Å². The Kier molecular flexibility index (Phi) is 8.34. The number of carbonyl (C=O) groups is 3. The maximum Gasteiger partial charge on any atom is 0.265 e. The lowest BCUT2D eigenvalue weighted by atomic mass is 9.95. The SMILES string of the molecule is CC(=O)CC[C@H](C)CN1C(=O)COc2cc(-c3cccc(-c4cccc(-c5ccc6c(c5)OCC(=O)N6)c4Cl)c3Cl)ccc21. The fourth-order valence-electron chi connectivity index (χ4n) is 5.59. The first kappa shape index (κ1) is 29.7. The highest BCUT2D eigenvalue weighted by molar-refractivity contribution is 6.39. The lowest BCUT2D eigenvalue weighted by molar-refractivity contribution is -0.121. The third kappa shape index (κ3) is 5.90. The highest BCUT2D eigenvalue weighted by Crippen LogP contribution is 2.45. The summed E-state index contributed by atoms with van der Waals surface area (Å²) in [6.45, 7) is 4.06. The molecule has 1 atom stereocenters. The molecule has 0 fully saturated rings. The molecule has 2 aliphatic heterocycles. The van der Waals surface area contributed by atoms with Crippen molar-refractivity contribution in [3.63, 3.8) is 0 Å². The van der Waals surface area contributed by atoms with Crippen molar-refractivity contribution in [2.75, 3.05) is 30.0 Å². The number of benzene rings is 4. The number of nitrogens with one attached hydrogen (secondary N) is 1. The standard InChI is InChI=1S/C35H30Cl2N2O5/c1-20(9-10-21(2)40)17-39-29-14-12-23(16-31(29)44-19-33(39)42)25-6-4-8-27(35(25)37)26-7-3-5-24(34(26)36)22-11-13-28-30(15-22)43-18-32(41)38-28/h3-8,11-16,20H,9-10,17-19H2,1-2H3,(H,38,41)/t20-/m0/s1. The van der Waals surface area contributed by atoms with Crippen LogP contribution < -0.4 is 19.7 Å². The Hall–Kier alpha value is -4.33. The van der Waals surface area contributed by atoms with E-state index in [0.29, 0.717) is 45.9 Å². The molecule has 2 amide bonds. The Bertz CT molecular complexity index is 1800. The van der Waals surface area contributed by atoms with Gasteiger partial charge in [-0.3, -0.25) is 9.59 Å². The Balaban J connectivity index is 1.31. The van der Waals surface area contributed by atoms with E-state index in [9.17, 15) is 14.4 Å². The third-order valence-electron chi connectivity index (χ3n) is 7.91. The third-order valence-corrected chi connectivity index (χ3v) is 8.72. The van der Waals surface area contributed by atoms with Crippen molar-refractivity contribution in [1.82, 2.24) is 0 Å². The molecule has 44 heavy (non-hydrogen) atoms. The minimum Gasteiger partial charge on any atom is -0.482 e. The molecule has 6 rings (SSSR count). The fraction of sp³-hybridized carbons (Fsp3) is 0.229. The van der Waals surface area contributed by atoms with Gasteiger partial charge in [0.25, 0.3) is 11.8 Å². The van der Waals surface area contributed by atoms with E-state index in [1.54, 1.807) is 17.9 Å². The number of rotatable bonds is 8. The van der Waals surface area contributed by atoms with Gasteiger partial charge < -0.3 is 24.5 Å². The lowest BCUT2D eigenvalue weighted by Gasteiger charge is -2.31. The minimum absolute atomic E-state index is 0.0328. The summed E-state index contributed by atoms with van der Waals surface area (Å²) in [6, 6.07) is 22.9. The van der Waals surface area contributed by atoms with Crippen LogP contribution in [0.2, 0.25) is 10.0 Å². The summed E-state index contributed by atoms with van der Waals surface area (Å²) >= 11 is 14.1. The Morgan fingerprint density at radius 3 is 2.09 bits per heavy atom. The van der Waals surface area contributed by atoms with Crippen molar-refractivity contribution in [3.8, 4) is 44.9 Å². The van der Waals surface area contributed by atoms with E-state index in [2.05, 4.69) is 5.32 Å². The molecule has 1 N–H and O–H groups in total. The number of hydrogen-bond donors (Lipinski definition) is 1. The number of carbonyl (C=O) groups excluding carboxylic acids is 3. The first-order valence-corrected chi connectivity index (χ1v) is 15.2. The van der Waals surface area contributed by atoms with Crippen molar-refractivity contribution in [2.24, 2.45) is 5.92 Å². The number of ether oxygens (including phenoxy) is 2. The molecule has 4 aromatic carbocycles. The van der Waals surface area contributed by atoms with Gasteiger partial charge >= 0.3 is 0 Å². The van der Waals surface area contributed by atoms with Crippen LogP contribution in [0.5, 0.6) is 11.5 Å². The van der Waals surface area contributed by atoms with Crippen LogP contribution >= 0.6 is 23.2 Å². The van der Waals surface area contributed by atoms with Crippen molar-refractivity contribution in [2.45, 2.75) is 26.7 Å². The highest BCUT2D eigenvalue weighted by atomic mass is 35.5. The maximum atomic E-state index is 12.8. The van der Waals surface area contributed by atoms with Gasteiger partial charge in [-0.05, 0) is 54.7 Å². The summed E-state index contributed by atoms with van der Waals surface area (Å²) in [5, 5.41) is 3.87. The lowest BCUT2D eigenvalue weighted by Crippen LogP contribution is -2.41. The zero-order valence-electron chi connectivity index (χ0n) is 24.3. The first-order chi connectivity index (χ1) is 21.2. The summed E-state index contributed by atoms with van der Waals surface area (Å²) in [7, 11) is 0. The van der Waals surface area contributed by atoms with Crippen LogP contribution in [0.25, 0.3) is 33.4 Å². The van der Waals surface area contributed by atoms with E-state index < -0.39 is 0 Å². The average molecular weight is 630 g/mol. The molecule has 7 nitrogen and oxygen atoms in total. The van der Waals surface area contributed by atoms with Crippen LogP contribution in [-0.2, 0) is 14.4 Å². The molecule has 0 bridgehead atoms. The molecule has 0 aliphatic carbocycles. The summed E-state index contributed by atoms with van der Waals surface area (Å²) < 4.78 is 11.5. The number of anilines is 2. The van der Waals surface area contributed by atoms with E-state index >= 15 is 0 Å². The predicted molar refractivity (Wildman–Crippen MR) is 174 cm³/mol. The van der Waals surface area contributed by atoms with Gasteiger partial charge in [0.2, 0.25) is 0 Å². The zero-order chi connectivity index (χ0) is 31.0. The Morgan fingerprint density at radius 1 is 0.841 bits per heavy atom. The maximum absolute atomic E-state index is 12.8. The molecule has 0 unspecified atom stereocenters. The smallest absolute Gasteiger partial charge is 0.265 e. The van der Waals surface area contributed by atoms with Gasteiger partial charge in [0.1, 0.15) is 17.3 Å². The number of fused-ring (bicyclic) bond motifs is 2. The van der Waals surface area contributed by atoms with Gasteiger partial charge in [-0.15, -0.1) is 0 Å². The second-order valence-corrected chi connectivity index (χ2v) is 12.0. The fourth-order valence-corrected chi connectivity index (χ4v) is 6.27. The largest absolute Gasteiger partial charge is 0.482 e. The molecule has 9 heteroatoms. The predicted octanol–water partition coefficient (Wildman–Crippen LogP) is 8.06. The summed E-state index contributed by atoms with van der Waals surface area (Å²) in [5.74, 6) is 1.20. The van der Waals surface area contributed by atoms with Gasteiger partial charge in [-0.1, -0.05) is 78.7 Å². The molecule has 2 aliphatic rings. The second kappa shape index (κ2) is 12.3. The van der Waals surface area contributed by atoms with E-state index in [4.69, 9.17) is 32.7 Å². The van der Waals surface area contributed by atoms with Crippen molar-refractivity contribution in [1.29, 1.82) is 0 Å². The van der Waals surface area contributed by atoms with E-state index in [1.807, 2.05) is 73.7 Å². The summed E-state index contributed by atoms with van der Waals surface area (Å²) in [5.41, 5.74) is 6.16. The second-order valence-electron chi connectivity index (χ2n) is 11.2. The van der Waals surface area contributed by atoms with Gasteiger partial charge in [-0.2, -0.15) is 0 Å². The summed E-state index contributed by atoms with van der Waals surface area (Å²) in [6.07, 6.45) is 1.21. The summed E-state index contributed by atoms with van der Waals surface area (Å²) in [4.78, 5) is 37.6. The number of halogens is 2. The molecule has 224 valence electrons. The van der Waals surface area contributed by atoms with E-state index in [-0.39, 0.29) is 36.7 Å². The molecule has 0 saturated heterocycles. The Morgan fingerprint density at radius 2 is 1.43 bits per heavy atom. The number of hydrogen-bond acceptors (Lipinski definition) is 5. The number of ketones is 1. The Labute approximate surface area is 265 Å². The molecular formula is C35H30Cl2N2O5. The number of amides is 2. The molecule has 2 heterocycles. The van der Waals surface area contributed by atoms with Crippen molar-refractivity contribution in [3.05, 3.63) is 82.8 Å². The molecule has 0 radical (unpaired) electrons. The monoisotopic (exact) mass is 628 g/mol. The van der Waals surface area contributed by atoms with Gasteiger partial charge in [0.05, 0.1) is 21.4 Å². The number of nitrogens with zero attached hydrogens (tertiary/aromatic N) is 1. The molecule has 0 aromatic heterocycles. The molecule has 0 spiro atoms. The molecule has 4 aromatic rings. The van der Waals surface area contributed by atoms with Crippen LogP contribution in [0.4, 0.5) is 11.4 Å². The van der Waals surface area contributed by atoms with Gasteiger partial charge in [-0.25, -0.2) is 0 Å². The van der Waals surface area contributed by atoms with Gasteiger partial charge in [0, 0.05) is 35.2 Å². The molecular weight excluding hydrogens is 599 g/mol. The van der Waals surface area contributed by atoms with E-state index in [0.717, 1.165) is 39.8 Å². The molecule has 0 saturated carbocycles. The zero-order valence-corrected chi connectivity index (χ0v) is 25.8. The first-order valence-electron chi connectivity index (χ1n) is 14.4. The average Bonchev–Trinajstić information content (AvgIpc) is 3.01. The number of Topliss-reactive ketones (excluding diaryl/α,β-unsaturated/α-hetero) is 1. The normalized spacial score (nSPS) is 14.6. The van der Waals surface area contributed by atoms with Crippen LogP contribution in [0.1, 0.15) is 26.7 Å². The van der Waals surface area contributed by atoms with Crippen LogP contribution in [0, 0.1) is 5.92 Å². The highest BCUT2D eigenvalue weighted by Gasteiger charge is 2.28. The topological polar surface area (TPSA) is 84.9 Å². The van der Waals surface area contributed by atoms with Crippen molar-refractivity contribution >= 4 is 52.2 Å². The van der Waals surface area contributed by atoms with Crippen LogP contribution in [-0.4, -0.2) is 37.4 Å². The quantitative estimate of drug-likeness (QED) is 0.213. The van der Waals surface area contributed by atoms with Crippen LogP contribution in [0.3, 0.4) is 0 Å². The van der Waals surface area contributed by atoms with Gasteiger partial charge in [0.15, 0.2) is 13.2 Å². The van der Waals surface area contributed by atoms with Crippen molar-refractivity contribution < 1.29 is 23.9 Å².